The lowest BCUT2D eigenvalue weighted by Gasteiger charge is -2.24. The Morgan fingerprint density at radius 1 is 0.209 bits per heavy atom. The normalized spacial score (nSPS) is 13.4. The van der Waals surface area contributed by atoms with E-state index >= 15 is 0 Å². The molecule has 0 unspecified atom stereocenters. The molecule has 0 spiro atoms. The van der Waals surface area contributed by atoms with Gasteiger partial charge in [0.15, 0.2) is 0 Å². The van der Waals surface area contributed by atoms with Gasteiger partial charge in [0.05, 0.1) is 14.2 Å². The average Bonchev–Trinajstić information content (AvgIpc) is 1.53. The third-order valence-corrected chi connectivity index (χ3v) is 19.3. The zero-order valence-electron chi connectivity index (χ0n) is 49.2. The third kappa shape index (κ3) is 7.93. The van der Waals surface area contributed by atoms with Gasteiger partial charge in [0, 0.05) is 10.8 Å². The summed E-state index contributed by atoms with van der Waals surface area (Å²) < 4.78 is 10.9. The first kappa shape index (κ1) is 51.4. The van der Waals surface area contributed by atoms with Gasteiger partial charge in [0.2, 0.25) is 0 Å². The molecule has 2 aliphatic carbocycles. The van der Waals surface area contributed by atoms with Crippen LogP contribution in [-0.2, 0) is 10.8 Å². The Balaban J connectivity index is 0.727. The Bertz CT molecular complexity index is 4640. The number of ether oxygens (including phenoxy) is 2. The first-order chi connectivity index (χ1) is 42.0. The number of hydrogen-bond donors (Lipinski definition) is 0. The lowest BCUT2D eigenvalue weighted by Crippen LogP contribution is -2.15. The second-order valence-electron chi connectivity index (χ2n) is 24.6. The molecule has 0 N–H and O–H groups in total. The van der Waals surface area contributed by atoms with Crippen molar-refractivity contribution in [2.75, 3.05) is 14.2 Å². The largest absolute Gasteiger partial charge is 0.497 e. The highest BCUT2D eigenvalue weighted by atomic mass is 16.5. The van der Waals surface area contributed by atoms with E-state index in [9.17, 15) is 0 Å². The molecule has 2 heteroatoms. The van der Waals surface area contributed by atoms with Crippen LogP contribution in [-0.4, -0.2) is 14.2 Å². The van der Waals surface area contributed by atoms with E-state index in [1.807, 2.05) is 24.3 Å². The van der Waals surface area contributed by atoms with Crippen LogP contribution in [0.25, 0.3) is 143 Å². The summed E-state index contributed by atoms with van der Waals surface area (Å²) in [6.45, 7) is 9.67. The van der Waals surface area contributed by atoms with E-state index in [1.165, 1.54) is 165 Å². The monoisotopic (exact) mass is 1100 g/mol. The molecule has 0 aromatic heterocycles. The number of fused-ring (bicyclic) bond motifs is 10. The van der Waals surface area contributed by atoms with E-state index in [-0.39, 0.29) is 10.8 Å². The van der Waals surface area contributed by atoms with Crippen molar-refractivity contribution >= 4 is 43.1 Å². The maximum Gasteiger partial charge on any atom is 0.118 e. The molecule has 0 saturated carbocycles. The number of hydrogen-bond acceptors (Lipinski definition) is 2. The topological polar surface area (TPSA) is 18.5 Å². The van der Waals surface area contributed by atoms with E-state index in [1.54, 1.807) is 14.2 Å². The van der Waals surface area contributed by atoms with Crippen LogP contribution >= 0.6 is 0 Å². The van der Waals surface area contributed by atoms with Crippen molar-refractivity contribution in [1.82, 2.24) is 0 Å². The molecule has 2 aliphatic rings. The summed E-state index contributed by atoms with van der Waals surface area (Å²) in [6, 6.07) is 99.6. The SMILES string of the molecule is COc1ccc(-c2ccc(-c3c4ccccc4c(-c4ccc5c(c4)C(C)(C)c4cc(-c6ccc7c(c6)C(C)(C)c6cc(-c8c9ccccc9c(-c9ccc(-c%10ccc(OC)cc%10)cc9)c9ccccc89)ccc6-7)ccc4-5)c4ccccc34)cc2)cc1. The average molecular weight is 1100 g/mol. The van der Waals surface area contributed by atoms with Gasteiger partial charge in [-0.25, -0.2) is 0 Å². The fourth-order valence-electron chi connectivity index (χ4n) is 14.9. The summed E-state index contributed by atoms with van der Waals surface area (Å²) >= 11 is 0. The Morgan fingerprint density at radius 2 is 0.407 bits per heavy atom. The van der Waals surface area contributed by atoms with Crippen molar-refractivity contribution in [2.24, 2.45) is 0 Å². The van der Waals surface area contributed by atoms with Gasteiger partial charge in [0.25, 0.3) is 0 Å². The number of benzene rings is 14. The predicted molar refractivity (Wildman–Crippen MR) is 363 cm³/mol. The fourth-order valence-corrected chi connectivity index (χ4v) is 14.9. The Labute approximate surface area is 503 Å². The van der Waals surface area contributed by atoms with Crippen molar-refractivity contribution < 1.29 is 9.47 Å². The van der Waals surface area contributed by atoms with Gasteiger partial charge < -0.3 is 9.47 Å². The third-order valence-electron chi connectivity index (χ3n) is 19.3. The molecule has 410 valence electrons. The fraction of sp³-hybridized carbons (Fsp3) is 0.0952. The van der Waals surface area contributed by atoms with Crippen molar-refractivity contribution in [3.05, 3.63) is 289 Å². The van der Waals surface area contributed by atoms with Crippen LogP contribution in [0.1, 0.15) is 49.9 Å². The maximum absolute atomic E-state index is 5.44. The molecule has 16 rings (SSSR count). The summed E-state index contributed by atoms with van der Waals surface area (Å²) in [4.78, 5) is 0. The van der Waals surface area contributed by atoms with E-state index in [2.05, 4.69) is 270 Å². The molecule has 0 bridgehead atoms. The van der Waals surface area contributed by atoms with E-state index in [4.69, 9.17) is 9.47 Å². The Kier molecular flexibility index (Phi) is 11.7. The molecule has 0 atom stereocenters. The highest BCUT2D eigenvalue weighted by Gasteiger charge is 2.38. The van der Waals surface area contributed by atoms with Crippen LogP contribution < -0.4 is 9.47 Å². The molecular weight excluding hydrogens is 1040 g/mol. The van der Waals surface area contributed by atoms with Crippen LogP contribution in [0.4, 0.5) is 0 Å². The second kappa shape index (κ2) is 19.7. The zero-order valence-corrected chi connectivity index (χ0v) is 49.2. The molecular formula is C84H62O2. The molecule has 14 aromatic rings. The first-order valence-electron chi connectivity index (χ1n) is 30.0. The van der Waals surface area contributed by atoms with Crippen molar-refractivity contribution in [2.45, 2.75) is 38.5 Å². The molecule has 14 aromatic carbocycles. The second-order valence-corrected chi connectivity index (χ2v) is 24.6. The lowest BCUT2D eigenvalue weighted by atomic mass is 9.79. The minimum Gasteiger partial charge on any atom is -0.497 e. The molecule has 0 aliphatic heterocycles. The molecule has 0 amide bonds. The van der Waals surface area contributed by atoms with Gasteiger partial charge in [0.1, 0.15) is 11.5 Å². The van der Waals surface area contributed by atoms with Gasteiger partial charge in [-0.3, -0.25) is 0 Å². The molecule has 86 heavy (non-hydrogen) atoms. The highest BCUT2D eigenvalue weighted by Crippen LogP contribution is 2.55. The quantitative estimate of drug-likeness (QED) is 0.134. The minimum atomic E-state index is -0.231. The van der Waals surface area contributed by atoms with Gasteiger partial charge in [-0.05, 0) is 214 Å². The molecule has 0 fully saturated rings. The summed E-state index contributed by atoms with van der Waals surface area (Å²) in [5, 5.41) is 10.0. The van der Waals surface area contributed by atoms with Crippen molar-refractivity contribution in [1.29, 1.82) is 0 Å². The summed E-state index contributed by atoms with van der Waals surface area (Å²) in [7, 11) is 3.42. The van der Waals surface area contributed by atoms with E-state index < -0.39 is 0 Å². The standard InChI is InChI=1S/C84H62O2/c1-83(2)75-47-57(35-43-63(75)65-45-37-59(49-77(65)83)81-71-19-11-7-15-67(71)79(68-16-8-12-20-72(68)81)55-27-23-51(24-28-55)53-31-39-61(85-5)40-32-53)58-36-44-64-66-46-38-60(50-78(66)84(3,4)76(64)48-58)82-73-21-13-9-17-69(73)80(70-18-10-14-22-74(70)82)56-29-25-52(26-30-56)54-33-41-62(86-6)42-34-54/h7-50H,1-6H3. The molecule has 2 nitrogen and oxygen atoms in total. The van der Waals surface area contributed by atoms with Crippen LogP contribution in [0.15, 0.2) is 267 Å². The highest BCUT2D eigenvalue weighted by molar-refractivity contribution is 6.23. The van der Waals surface area contributed by atoms with Gasteiger partial charge in [-0.1, -0.05) is 246 Å². The maximum atomic E-state index is 5.44. The zero-order chi connectivity index (χ0) is 58.0. The van der Waals surface area contributed by atoms with Crippen molar-refractivity contribution in [3.8, 4) is 112 Å². The first-order valence-corrected chi connectivity index (χ1v) is 30.0. The summed E-state index contributed by atoms with van der Waals surface area (Å²) in [5.74, 6) is 1.72. The number of methoxy groups -OCH3 is 2. The molecule has 0 saturated heterocycles. The van der Waals surface area contributed by atoms with Gasteiger partial charge in [-0.2, -0.15) is 0 Å². The minimum absolute atomic E-state index is 0.231. The smallest absolute Gasteiger partial charge is 0.118 e. The van der Waals surface area contributed by atoms with Crippen LogP contribution in [0.3, 0.4) is 0 Å². The van der Waals surface area contributed by atoms with Gasteiger partial charge in [-0.15, -0.1) is 0 Å². The van der Waals surface area contributed by atoms with Crippen LogP contribution in [0, 0.1) is 0 Å². The summed E-state index contributed by atoms with van der Waals surface area (Å²) in [6.07, 6.45) is 0. The Hall–Kier alpha value is -10.3. The van der Waals surface area contributed by atoms with Gasteiger partial charge >= 0.3 is 0 Å². The molecule has 0 heterocycles. The van der Waals surface area contributed by atoms with Crippen molar-refractivity contribution in [3.63, 3.8) is 0 Å². The van der Waals surface area contributed by atoms with E-state index in [0.717, 1.165) is 11.5 Å². The lowest BCUT2D eigenvalue weighted by molar-refractivity contribution is 0.415. The van der Waals surface area contributed by atoms with Crippen LogP contribution in [0.5, 0.6) is 11.5 Å². The molecule has 0 radical (unpaired) electrons. The van der Waals surface area contributed by atoms with Crippen LogP contribution in [0.2, 0.25) is 0 Å². The summed E-state index contributed by atoms with van der Waals surface area (Å²) in [5.41, 5.74) is 27.5. The predicted octanol–water partition coefficient (Wildman–Crippen LogP) is 22.6. The number of rotatable bonds is 9. The van der Waals surface area contributed by atoms with E-state index in [0.29, 0.717) is 0 Å². The Morgan fingerprint density at radius 3 is 0.663 bits per heavy atom.